The summed E-state index contributed by atoms with van der Waals surface area (Å²) in [4.78, 5) is 26.8. The van der Waals surface area contributed by atoms with Crippen LogP contribution in [0.5, 0.6) is 0 Å². The lowest BCUT2D eigenvalue weighted by atomic mass is 10.1. The van der Waals surface area contributed by atoms with Gasteiger partial charge in [0.2, 0.25) is 5.91 Å². The van der Waals surface area contributed by atoms with Gasteiger partial charge < -0.3 is 15.5 Å². The van der Waals surface area contributed by atoms with E-state index in [2.05, 4.69) is 10.6 Å². The molecule has 6 heteroatoms. The molecule has 0 aromatic heterocycles. The van der Waals surface area contributed by atoms with Crippen molar-refractivity contribution < 1.29 is 9.59 Å². The summed E-state index contributed by atoms with van der Waals surface area (Å²) in [7, 11) is 0. The molecule has 4 rings (SSSR count). The zero-order valence-electron chi connectivity index (χ0n) is 16.7. The van der Waals surface area contributed by atoms with Gasteiger partial charge in [0.15, 0.2) is 5.11 Å². The third kappa shape index (κ3) is 4.33. The van der Waals surface area contributed by atoms with Crippen molar-refractivity contribution in [1.82, 2.24) is 5.32 Å². The lowest BCUT2D eigenvalue weighted by Crippen LogP contribution is -2.35. The fraction of sp³-hybridized carbons (Fsp3) is 0.208. The van der Waals surface area contributed by atoms with Crippen LogP contribution in [0.1, 0.15) is 30.1 Å². The average Bonchev–Trinajstić information content (AvgIpc) is 3.60. The number of carbonyl (C=O) groups is 2. The van der Waals surface area contributed by atoms with Crippen LogP contribution in [0, 0.1) is 5.92 Å². The first-order valence-electron chi connectivity index (χ1n) is 10.1. The molecule has 1 saturated carbocycles. The highest BCUT2D eigenvalue weighted by Crippen LogP contribution is 2.29. The van der Waals surface area contributed by atoms with E-state index in [0.29, 0.717) is 12.1 Å². The smallest absolute Gasteiger partial charge is 0.258 e. The van der Waals surface area contributed by atoms with Crippen LogP contribution < -0.4 is 15.5 Å². The van der Waals surface area contributed by atoms with Gasteiger partial charge in [-0.25, -0.2) is 0 Å². The molecule has 152 valence electrons. The molecule has 0 spiro atoms. The predicted molar refractivity (Wildman–Crippen MR) is 125 cm³/mol. The molecule has 0 saturated heterocycles. The van der Waals surface area contributed by atoms with Crippen LogP contribution in [-0.2, 0) is 4.79 Å². The number of hydrogen-bond acceptors (Lipinski definition) is 3. The lowest BCUT2D eigenvalue weighted by molar-refractivity contribution is -0.120. The van der Waals surface area contributed by atoms with Crippen molar-refractivity contribution >= 4 is 51.3 Å². The number of anilines is 2. The minimum atomic E-state index is -0.0648. The second kappa shape index (κ2) is 8.63. The number of hydrogen-bond donors (Lipinski definition) is 2. The van der Waals surface area contributed by atoms with Gasteiger partial charge in [-0.1, -0.05) is 36.4 Å². The van der Waals surface area contributed by atoms with Gasteiger partial charge in [0.25, 0.3) is 5.91 Å². The van der Waals surface area contributed by atoms with Crippen molar-refractivity contribution in [2.45, 2.75) is 19.8 Å². The molecule has 2 N–H and O–H groups in total. The Morgan fingerprint density at radius 1 is 1.00 bits per heavy atom. The number of nitrogens with one attached hydrogen (secondary N) is 2. The topological polar surface area (TPSA) is 61.4 Å². The summed E-state index contributed by atoms with van der Waals surface area (Å²) >= 11 is 5.19. The zero-order chi connectivity index (χ0) is 21.1. The number of nitrogens with zero attached hydrogens (tertiary/aromatic N) is 1. The molecule has 1 fully saturated rings. The van der Waals surface area contributed by atoms with Crippen molar-refractivity contribution in [3.8, 4) is 0 Å². The molecule has 0 aliphatic heterocycles. The van der Waals surface area contributed by atoms with Gasteiger partial charge in [-0.05, 0) is 67.7 Å². The van der Waals surface area contributed by atoms with Crippen LogP contribution in [0.15, 0.2) is 66.7 Å². The number of carbonyl (C=O) groups excluding carboxylic acids is 2. The monoisotopic (exact) mass is 417 g/mol. The fourth-order valence-electron chi connectivity index (χ4n) is 3.44. The van der Waals surface area contributed by atoms with E-state index in [1.807, 2.05) is 49.4 Å². The largest absolute Gasteiger partial charge is 0.332 e. The van der Waals surface area contributed by atoms with Crippen LogP contribution in [0.25, 0.3) is 10.8 Å². The standard InChI is InChI=1S/C24H23N3O2S/c1-2-27(21-9-5-7-16-6-3-4-8-20(16)21)23(29)18-12-14-19(15-13-18)25-24(30)26-22(28)17-10-11-17/h3-9,12-15,17H,2,10-11H2,1H3,(H2,25,26,28,30). The van der Waals surface area contributed by atoms with Crippen LogP contribution in [0.4, 0.5) is 11.4 Å². The zero-order valence-corrected chi connectivity index (χ0v) is 17.5. The molecule has 3 aromatic rings. The third-order valence-electron chi connectivity index (χ3n) is 5.19. The molecule has 0 radical (unpaired) electrons. The van der Waals surface area contributed by atoms with E-state index >= 15 is 0 Å². The van der Waals surface area contributed by atoms with Gasteiger partial charge in [-0.15, -0.1) is 0 Å². The summed E-state index contributed by atoms with van der Waals surface area (Å²) < 4.78 is 0. The van der Waals surface area contributed by atoms with Gasteiger partial charge >= 0.3 is 0 Å². The van der Waals surface area contributed by atoms with Gasteiger partial charge in [-0.3, -0.25) is 9.59 Å². The molecule has 1 aliphatic carbocycles. The minimum Gasteiger partial charge on any atom is -0.332 e. The van der Waals surface area contributed by atoms with Crippen LogP contribution in [0.3, 0.4) is 0 Å². The normalized spacial score (nSPS) is 13.0. The molecule has 5 nitrogen and oxygen atoms in total. The van der Waals surface area contributed by atoms with Crippen molar-refractivity contribution in [2.24, 2.45) is 5.92 Å². The highest BCUT2D eigenvalue weighted by Gasteiger charge is 2.30. The maximum atomic E-state index is 13.2. The summed E-state index contributed by atoms with van der Waals surface area (Å²) in [6, 6.07) is 21.2. The Hall–Kier alpha value is -3.25. The maximum absolute atomic E-state index is 13.2. The molecular formula is C24H23N3O2S. The Morgan fingerprint density at radius 3 is 2.40 bits per heavy atom. The highest BCUT2D eigenvalue weighted by atomic mass is 32.1. The molecule has 0 unspecified atom stereocenters. The molecular weight excluding hydrogens is 394 g/mol. The first-order chi connectivity index (χ1) is 14.6. The summed E-state index contributed by atoms with van der Waals surface area (Å²) in [5.41, 5.74) is 2.20. The van der Waals surface area contributed by atoms with Gasteiger partial charge in [0.1, 0.15) is 0 Å². The van der Waals surface area contributed by atoms with Crippen molar-refractivity contribution in [1.29, 1.82) is 0 Å². The molecule has 0 bridgehead atoms. The molecule has 30 heavy (non-hydrogen) atoms. The summed E-state index contributed by atoms with van der Waals surface area (Å²) in [6.07, 6.45) is 1.85. The van der Waals surface area contributed by atoms with E-state index in [4.69, 9.17) is 12.2 Å². The fourth-order valence-corrected chi connectivity index (χ4v) is 3.66. The van der Waals surface area contributed by atoms with E-state index in [1.165, 1.54) is 0 Å². The van der Waals surface area contributed by atoms with Gasteiger partial charge in [-0.2, -0.15) is 0 Å². The summed E-state index contributed by atoms with van der Waals surface area (Å²) in [6.45, 7) is 2.53. The van der Waals surface area contributed by atoms with E-state index in [1.54, 1.807) is 29.2 Å². The van der Waals surface area contributed by atoms with E-state index in [9.17, 15) is 9.59 Å². The Morgan fingerprint density at radius 2 is 1.70 bits per heavy atom. The maximum Gasteiger partial charge on any atom is 0.258 e. The predicted octanol–water partition coefficient (Wildman–Crippen LogP) is 4.73. The molecule has 1 aliphatic rings. The second-order valence-corrected chi connectivity index (χ2v) is 7.75. The summed E-state index contributed by atoms with van der Waals surface area (Å²) in [5.74, 6) is -0.00293. The van der Waals surface area contributed by atoms with Gasteiger partial charge in [0.05, 0.1) is 5.69 Å². The minimum absolute atomic E-state index is 0.0343. The van der Waals surface area contributed by atoms with E-state index < -0.39 is 0 Å². The number of fused-ring (bicyclic) bond motifs is 1. The van der Waals surface area contributed by atoms with Crippen LogP contribution >= 0.6 is 12.2 Å². The number of thiocarbonyl (C=S) groups is 1. The number of benzene rings is 3. The SMILES string of the molecule is CCN(C(=O)c1ccc(NC(=S)NC(=O)C2CC2)cc1)c1cccc2ccccc12. The Kier molecular flexibility index (Phi) is 5.77. The van der Waals surface area contributed by atoms with Crippen LogP contribution in [-0.4, -0.2) is 23.5 Å². The highest BCUT2D eigenvalue weighted by molar-refractivity contribution is 7.80. The Labute approximate surface area is 181 Å². The van der Waals surface area contributed by atoms with E-state index in [-0.39, 0.29) is 22.8 Å². The second-order valence-electron chi connectivity index (χ2n) is 7.34. The lowest BCUT2D eigenvalue weighted by Gasteiger charge is -2.23. The number of rotatable bonds is 5. The van der Waals surface area contributed by atoms with E-state index in [0.717, 1.165) is 35.0 Å². The molecule has 0 heterocycles. The first kappa shape index (κ1) is 20.0. The average molecular weight is 418 g/mol. The molecule has 2 amide bonds. The quantitative estimate of drug-likeness (QED) is 0.589. The number of amides is 2. The van der Waals surface area contributed by atoms with Crippen molar-refractivity contribution in [3.63, 3.8) is 0 Å². The first-order valence-corrected chi connectivity index (χ1v) is 10.5. The third-order valence-corrected chi connectivity index (χ3v) is 5.40. The Bertz CT molecular complexity index is 1100. The molecule has 3 aromatic carbocycles. The van der Waals surface area contributed by atoms with Crippen LogP contribution in [0.2, 0.25) is 0 Å². The Balaban J connectivity index is 1.49. The molecule has 0 atom stereocenters. The van der Waals surface area contributed by atoms with Crippen molar-refractivity contribution in [2.75, 3.05) is 16.8 Å². The summed E-state index contributed by atoms with van der Waals surface area (Å²) in [5, 5.41) is 8.12. The van der Waals surface area contributed by atoms with Gasteiger partial charge in [0, 0.05) is 29.1 Å². The van der Waals surface area contributed by atoms with Crippen molar-refractivity contribution in [3.05, 3.63) is 72.3 Å².